The lowest BCUT2D eigenvalue weighted by Crippen LogP contribution is -2.26. The van der Waals surface area contributed by atoms with Crippen molar-refractivity contribution in [2.75, 3.05) is 0 Å². The van der Waals surface area contributed by atoms with Gasteiger partial charge in [0.05, 0.1) is 6.04 Å². The van der Waals surface area contributed by atoms with E-state index in [-0.39, 0.29) is 17.8 Å². The van der Waals surface area contributed by atoms with E-state index in [2.05, 4.69) is 10.5 Å². The van der Waals surface area contributed by atoms with Gasteiger partial charge in [0.25, 0.3) is 0 Å². The number of nitrogens with one attached hydrogen (secondary N) is 1. The summed E-state index contributed by atoms with van der Waals surface area (Å²) in [6.45, 7) is 3.91. The Labute approximate surface area is 152 Å². The monoisotopic (exact) mass is 352 g/mol. The van der Waals surface area contributed by atoms with Gasteiger partial charge in [0.1, 0.15) is 17.8 Å². The van der Waals surface area contributed by atoms with E-state index in [1.54, 1.807) is 18.4 Å². The SMILES string of the molecule is Cc1ccc(-c2nocc2CCC(=O)N[C@H](C)c2ccc(F)cc2)cc1. The number of hydrogen-bond donors (Lipinski definition) is 1. The summed E-state index contributed by atoms with van der Waals surface area (Å²) in [4.78, 5) is 12.2. The quantitative estimate of drug-likeness (QED) is 0.705. The van der Waals surface area contributed by atoms with Crippen LogP contribution in [0.5, 0.6) is 0 Å². The van der Waals surface area contributed by atoms with Crippen LogP contribution in [0.4, 0.5) is 4.39 Å². The van der Waals surface area contributed by atoms with Crippen LogP contribution in [0.1, 0.15) is 36.1 Å². The molecule has 2 aromatic carbocycles. The average molecular weight is 352 g/mol. The topological polar surface area (TPSA) is 55.1 Å². The number of hydrogen-bond acceptors (Lipinski definition) is 3. The van der Waals surface area contributed by atoms with E-state index < -0.39 is 0 Å². The highest BCUT2D eigenvalue weighted by Crippen LogP contribution is 2.23. The average Bonchev–Trinajstić information content (AvgIpc) is 3.09. The van der Waals surface area contributed by atoms with Gasteiger partial charge in [-0.1, -0.05) is 47.1 Å². The van der Waals surface area contributed by atoms with Crippen LogP contribution < -0.4 is 5.32 Å². The van der Waals surface area contributed by atoms with Crippen LogP contribution in [0.2, 0.25) is 0 Å². The third-order valence-electron chi connectivity index (χ3n) is 4.34. The molecule has 1 heterocycles. The Morgan fingerprint density at radius 1 is 1.15 bits per heavy atom. The highest BCUT2D eigenvalue weighted by molar-refractivity contribution is 5.77. The van der Waals surface area contributed by atoms with Crippen LogP contribution in [-0.4, -0.2) is 11.1 Å². The zero-order valence-corrected chi connectivity index (χ0v) is 14.8. The normalized spacial score (nSPS) is 12.0. The van der Waals surface area contributed by atoms with Gasteiger partial charge < -0.3 is 9.84 Å². The molecule has 0 bridgehead atoms. The van der Waals surface area contributed by atoms with E-state index in [4.69, 9.17) is 4.52 Å². The minimum absolute atomic E-state index is 0.0714. The molecule has 3 aromatic rings. The molecule has 1 N–H and O–H groups in total. The summed E-state index contributed by atoms with van der Waals surface area (Å²) in [5.41, 5.74) is 4.68. The van der Waals surface area contributed by atoms with Crippen LogP contribution >= 0.6 is 0 Å². The van der Waals surface area contributed by atoms with Crippen LogP contribution in [0, 0.1) is 12.7 Å². The standard InChI is InChI=1S/C21H21FN2O2/c1-14-3-5-17(6-4-14)21-18(13-26-24-21)9-12-20(25)23-15(2)16-7-10-19(22)11-8-16/h3-8,10-11,13,15H,9,12H2,1-2H3,(H,23,25)/t15-/m1/s1. The number of halogens is 1. The number of aromatic nitrogens is 1. The fraction of sp³-hybridized carbons (Fsp3) is 0.238. The van der Waals surface area contributed by atoms with Gasteiger partial charge in [0, 0.05) is 17.5 Å². The van der Waals surface area contributed by atoms with Gasteiger partial charge in [0.15, 0.2) is 0 Å². The van der Waals surface area contributed by atoms with Gasteiger partial charge in [-0.2, -0.15) is 0 Å². The molecule has 0 spiro atoms. The van der Waals surface area contributed by atoms with Crippen molar-refractivity contribution < 1.29 is 13.7 Å². The first-order valence-corrected chi connectivity index (χ1v) is 8.58. The molecule has 0 aliphatic carbocycles. The predicted octanol–water partition coefficient (Wildman–Crippen LogP) is 4.60. The Balaban J connectivity index is 1.59. The van der Waals surface area contributed by atoms with Gasteiger partial charge in [-0.05, 0) is 38.0 Å². The maximum Gasteiger partial charge on any atom is 0.220 e. The molecule has 26 heavy (non-hydrogen) atoms. The summed E-state index contributed by atoms with van der Waals surface area (Å²) in [5, 5.41) is 7.00. The van der Waals surface area contributed by atoms with Gasteiger partial charge in [-0.15, -0.1) is 0 Å². The Kier molecular flexibility index (Phi) is 5.46. The number of aryl methyl sites for hydroxylation is 2. The fourth-order valence-corrected chi connectivity index (χ4v) is 2.78. The van der Waals surface area contributed by atoms with E-state index in [0.717, 1.165) is 22.4 Å². The first-order valence-electron chi connectivity index (χ1n) is 8.58. The zero-order chi connectivity index (χ0) is 18.5. The van der Waals surface area contributed by atoms with Crippen LogP contribution in [0.3, 0.4) is 0 Å². The van der Waals surface area contributed by atoms with Crippen molar-refractivity contribution in [1.29, 1.82) is 0 Å². The van der Waals surface area contributed by atoms with Crippen molar-refractivity contribution >= 4 is 5.91 Å². The Morgan fingerprint density at radius 2 is 1.85 bits per heavy atom. The lowest BCUT2D eigenvalue weighted by atomic mass is 10.0. The maximum atomic E-state index is 13.0. The second-order valence-corrected chi connectivity index (χ2v) is 6.40. The third kappa shape index (κ3) is 4.36. The summed E-state index contributed by atoms with van der Waals surface area (Å²) in [5.74, 6) is -0.360. The number of rotatable bonds is 6. The van der Waals surface area contributed by atoms with Gasteiger partial charge in [-0.3, -0.25) is 4.79 Å². The van der Waals surface area contributed by atoms with E-state index in [0.29, 0.717) is 12.8 Å². The maximum absolute atomic E-state index is 13.0. The molecular weight excluding hydrogens is 331 g/mol. The Morgan fingerprint density at radius 3 is 2.54 bits per heavy atom. The lowest BCUT2D eigenvalue weighted by Gasteiger charge is -2.14. The molecule has 0 fully saturated rings. The Bertz CT molecular complexity index is 870. The first kappa shape index (κ1) is 17.9. The zero-order valence-electron chi connectivity index (χ0n) is 14.8. The van der Waals surface area contributed by atoms with E-state index in [9.17, 15) is 9.18 Å². The highest BCUT2D eigenvalue weighted by atomic mass is 19.1. The molecule has 0 radical (unpaired) electrons. The molecule has 0 aliphatic heterocycles. The molecule has 134 valence electrons. The molecule has 0 unspecified atom stereocenters. The van der Waals surface area contributed by atoms with Crippen molar-refractivity contribution in [1.82, 2.24) is 10.5 Å². The molecule has 3 rings (SSSR count). The third-order valence-corrected chi connectivity index (χ3v) is 4.34. The number of benzene rings is 2. The lowest BCUT2D eigenvalue weighted by molar-refractivity contribution is -0.121. The second kappa shape index (κ2) is 7.95. The van der Waals surface area contributed by atoms with Crippen LogP contribution in [-0.2, 0) is 11.2 Å². The van der Waals surface area contributed by atoms with Gasteiger partial charge >= 0.3 is 0 Å². The van der Waals surface area contributed by atoms with Crippen molar-refractivity contribution in [2.24, 2.45) is 0 Å². The molecule has 0 aliphatic rings. The summed E-state index contributed by atoms with van der Waals surface area (Å²) >= 11 is 0. The molecule has 1 atom stereocenters. The molecule has 4 nitrogen and oxygen atoms in total. The first-order chi connectivity index (χ1) is 12.5. The molecule has 0 saturated carbocycles. The van der Waals surface area contributed by atoms with Crippen molar-refractivity contribution in [3.8, 4) is 11.3 Å². The molecule has 1 amide bonds. The number of carbonyl (C=O) groups is 1. The summed E-state index contributed by atoms with van der Waals surface area (Å²) in [6.07, 6.45) is 2.45. The van der Waals surface area contributed by atoms with E-state index >= 15 is 0 Å². The fourth-order valence-electron chi connectivity index (χ4n) is 2.78. The van der Waals surface area contributed by atoms with Crippen molar-refractivity contribution in [3.63, 3.8) is 0 Å². The minimum Gasteiger partial charge on any atom is -0.364 e. The van der Waals surface area contributed by atoms with E-state index in [1.807, 2.05) is 38.1 Å². The van der Waals surface area contributed by atoms with Crippen LogP contribution in [0.25, 0.3) is 11.3 Å². The summed E-state index contributed by atoms with van der Waals surface area (Å²) < 4.78 is 18.1. The summed E-state index contributed by atoms with van der Waals surface area (Å²) in [6, 6.07) is 14.0. The van der Waals surface area contributed by atoms with Crippen LogP contribution in [0.15, 0.2) is 59.3 Å². The van der Waals surface area contributed by atoms with Crippen molar-refractivity contribution in [3.05, 3.63) is 77.3 Å². The molecule has 1 aromatic heterocycles. The summed E-state index contributed by atoms with van der Waals surface area (Å²) in [7, 11) is 0. The van der Waals surface area contributed by atoms with Gasteiger partial charge in [-0.25, -0.2) is 4.39 Å². The highest BCUT2D eigenvalue weighted by Gasteiger charge is 2.14. The predicted molar refractivity (Wildman–Crippen MR) is 98.0 cm³/mol. The smallest absolute Gasteiger partial charge is 0.220 e. The van der Waals surface area contributed by atoms with Gasteiger partial charge in [0.2, 0.25) is 5.91 Å². The molecule has 0 saturated heterocycles. The van der Waals surface area contributed by atoms with E-state index in [1.165, 1.54) is 17.7 Å². The number of amides is 1. The van der Waals surface area contributed by atoms with Crippen molar-refractivity contribution in [2.45, 2.75) is 32.7 Å². The Hall–Kier alpha value is -2.95. The minimum atomic E-state index is -0.289. The number of carbonyl (C=O) groups excluding carboxylic acids is 1. The second-order valence-electron chi connectivity index (χ2n) is 6.40. The molecular formula is C21H21FN2O2. The molecule has 5 heteroatoms. The largest absolute Gasteiger partial charge is 0.364 e. The number of nitrogens with zero attached hydrogens (tertiary/aromatic N) is 1.